The normalized spacial score (nSPS) is 14.9. The van der Waals surface area contributed by atoms with Crippen molar-refractivity contribution in [2.75, 3.05) is 20.8 Å². The fourth-order valence-electron chi connectivity index (χ4n) is 5.65. The zero-order valence-electron chi connectivity index (χ0n) is 28.2. The second-order valence-corrected chi connectivity index (χ2v) is 12.9. The van der Waals surface area contributed by atoms with Crippen LogP contribution in [0.4, 0.5) is 0 Å². The summed E-state index contributed by atoms with van der Waals surface area (Å²) in [5.74, 6) is 0.898. The summed E-state index contributed by atoms with van der Waals surface area (Å²) in [6.07, 6.45) is 2.91. The molecule has 12 heteroatoms. The Morgan fingerprint density at radius 2 is 1.71 bits per heavy atom. The van der Waals surface area contributed by atoms with E-state index >= 15 is 0 Å². The highest BCUT2D eigenvalue weighted by molar-refractivity contribution is 6.39. The lowest BCUT2D eigenvalue weighted by Crippen LogP contribution is -2.36. The minimum Gasteiger partial charge on any atom is -0.496 e. The molecule has 0 saturated carbocycles. The van der Waals surface area contributed by atoms with Crippen LogP contribution < -0.4 is 25.4 Å². The summed E-state index contributed by atoms with van der Waals surface area (Å²) >= 11 is 14.1. The number of halogens is 2. The summed E-state index contributed by atoms with van der Waals surface area (Å²) in [6, 6.07) is 16.8. The number of nitrogens with zero attached hydrogens (tertiary/aromatic N) is 2. The Kier molecular flexibility index (Phi) is 12.1. The molecular weight excluding hydrogens is 665 g/mol. The average molecular weight is 707 g/mol. The molecule has 3 N–H and O–H groups in total. The van der Waals surface area contributed by atoms with Crippen LogP contribution in [0.1, 0.15) is 44.7 Å². The van der Waals surface area contributed by atoms with Crippen molar-refractivity contribution in [1.82, 2.24) is 25.9 Å². The lowest BCUT2D eigenvalue weighted by atomic mass is 9.99. The summed E-state index contributed by atoms with van der Waals surface area (Å²) in [5, 5.41) is 10.5. The maximum absolute atomic E-state index is 12.2. The number of methoxy groups -OCH3 is 2. The lowest BCUT2D eigenvalue weighted by Gasteiger charge is -2.17. The number of carbonyl (C=O) groups excluding carboxylic acids is 2. The quantitative estimate of drug-likeness (QED) is 0.125. The Labute approximate surface area is 296 Å². The smallest absolute Gasteiger partial charge is 0.323 e. The summed E-state index contributed by atoms with van der Waals surface area (Å²) in [6.45, 7) is 7.02. The number of amides is 1. The van der Waals surface area contributed by atoms with Crippen LogP contribution in [0.25, 0.3) is 33.6 Å². The Bertz CT molecular complexity index is 1820. The third-order valence-electron chi connectivity index (χ3n) is 8.24. The van der Waals surface area contributed by atoms with Crippen molar-refractivity contribution in [3.05, 3.63) is 82.0 Å². The van der Waals surface area contributed by atoms with Crippen molar-refractivity contribution in [3.63, 3.8) is 0 Å². The average Bonchev–Trinajstić information content (AvgIpc) is 3.51. The maximum atomic E-state index is 12.2. The van der Waals surface area contributed by atoms with Crippen LogP contribution in [-0.2, 0) is 27.4 Å². The Balaban J connectivity index is 1.36. The zero-order chi connectivity index (χ0) is 35.1. The van der Waals surface area contributed by atoms with E-state index in [9.17, 15) is 9.59 Å². The Morgan fingerprint density at radius 1 is 0.959 bits per heavy atom. The van der Waals surface area contributed by atoms with Crippen LogP contribution in [0.3, 0.4) is 0 Å². The lowest BCUT2D eigenvalue weighted by molar-refractivity contribution is -0.149. The molecule has 1 fully saturated rings. The van der Waals surface area contributed by atoms with Crippen LogP contribution >= 0.6 is 23.2 Å². The predicted molar refractivity (Wildman–Crippen MR) is 192 cm³/mol. The van der Waals surface area contributed by atoms with Crippen molar-refractivity contribution >= 4 is 35.1 Å². The van der Waals surface area contributed by atoms with Crippen molar-refractivity contribution in [2.45, 2.75) is 64.9 Å². The fourth-order valence-corrected chi connectivity index (χ4v) is 6.30. The van der Waals surface area contributed by atoms with E-state index in [1.165, 1.54) is 0 Å². The molecule has 49 heavy (non-hydrogen) atoms. The molecule has 3 heterocycles. The highest BCUT2D eigenvalue weighted by Crippen LogP contribution is 2.42. The van der Waals surface area contributed by atoms with Gasteiger partial charge in [0.2, 0.25) is 11.8 Å². The topological polar surface area (TPSA) is 124 Å². The molecule has 0 aliphatic carbocycles. The van der Waals surface area contributed by atoms with E-state index in [4.69, 9.17) is 42.4 Å². The van der Waals surface area contributed by atoms with E-state index < -0.39 is 6.04 Å². The molecule has 4 aromatic rings. The SMILES string of the molecule is COc1cc(-c2nccc(-c3cccc(-c4ccc(CNC[C@H]5CCC(=O)N5)c(OC)n4)c3Cl)c2Cl)ccc1CNC(C)C(=O)OC(C)C. The number of ether oxygens (including phenoxy) is 3. The van der Waals surface area contributed by atoms with Gasteiger partial charge in [-0.1, -0.05) is 59.6 Å². The molecule has 10 nitrogen and oxygen atoms in total. The van der Waals surface area contributed by atoms with E-state index in [2.05, 4.69) is 20.9 Å². The van der Waals surface area contributed by atoms with Gasteiger partial charge >= 0.3 is 5.97 Å². The van der Waals surface area contributed by atoms with Gasteiger partial charge in [-0.2, -0.15) is 0 Å². The first kappa shape index (κ1) is 36.1. The van der Waals surface area contributed by atoms with E-state index in [0.29, 0.717) is 64.7 Å². The van der Waals surface area contributed by atoms with E-state index in [1.807, 2.05) is 68.4 Å². The van der Waals surface area contributed by atoms with Gasteiger partial charge in [-0.05, 0) is 45.4 Å². The first-order chi connectivity index (χ1) is 23.6. The van der Waals surface area contributed by atoms with Gasteiger partial charge in [-0.15, -0.1) is 0 Å². The molecule has 2 atom stereocenters. The molecule has 0 radical (unpaired) electrons. The highest BCUT2D eigenvalue weighted by atomic mass is 35.5. The van der Waals surface area contributed by atoms with E-state index in [-0.39, 0.29) is 24.0 Å². The van der Waals surface area contributed by atoms with Gasteiger partial charge in [-0.3, -0.25) is 14.6 Å². The molecule has 0 bridgehead atoms. The van der Waals surface area contributed by atoms with Crippen LogP contribution in [0.5, 0.6) is 11.6 Å². The van der Waals surface area contributed by atoms with Gasteiger partial charge in [0.15, 0.2) is 0 Å². The largest absolute Gasteiger partial charge is 0.496 e. The molecule has 1 amide bonds. The van der Waals surface area contributed by atoms with Gasteiger partial charge in [0.1, 0.15) is 11.8 Å². The number of nitrogens with one attached hydrogen (secondary N) is 3. The first-order valence-electron chi connectivity index (χ1n) is 16.2. The second kappa shape index (κ2) is 16.5. The van der Waals surface area contributed by atoms with Crippen LogP contribution in [0, 0.1) is 0 Å². The molecular formula is C37H41Cl2N5O5. The molecule has 0 spiro atoms. The number of hydrogen-bond donors (Lipinski definition) is 3. The van der Waals surface area contributed by atoms with Crippen molar-refractivity contribution in [1.29, 1.82) is 0 Å². The Hall–Kier alpha value is -4.22. The summed E-state index contributed by atoms with van der Waals surface area (Å²) in [5.41, 5.74) is 5.92. The fraction of sp³-hybridized carbons (Fsp3) is 0.351. The maximum Gasteiger partial charge on any atom is 0.323 e. The molecule has 2 aromatic heterocycles. The molecule has 258 valence electrons. The predicted octanol–water partition coefficient (Wildman–Crippen LogP) is 6.60. The first-order valence-corrected chi connectivity index (χ1v) is 16.9. The van der Waals surface area contributed by atoms with Crippen molar-refractivity contribution in [2.24, 2.45) is 0 Å². The molecule has 1 aliphatic rings. The summed E-state index contributed by atoms with van der Waals surface area (Å²) in [4.78, 5) is 33.1. The standard InChI is InChI=1S/C37H41Cl2N5O5/c1-21(2)49-37(46)22(3)42-19-24-10-9-23(17-31(24)47-4)35-34(39)28(15-16-41-35)27-7-6-8-29(33(27)38)30-13-11-25(36(44-30)48-5)18-40-20-26-12-14-32(45)43-26/h6-11,13,15-17,21-22,26,40,42H,12,14,18-20H2,1-5H3,(H,43,45)/t22?,26-/m1/s1. The minimum atomic E-state index is -0.482. The van der Waals surface area contributed by atoms with Crippen LogP contribution in [0.15, 0.2) is 60.8 Å². The molecule has 5 rings (SSSR count). The van der Waals surface area contributed by atoms with Crippen molar-refractivity contribution in [3.8, 4) is 45.3 Å². The van der Waals surface area contributed by atoms with Crippen LogP contribution in [0.2, 0.25) is 10.0 Å². The van der Waals surface area contributed by atoms with Gasteiger partial charge in [0, 0.05) is 71.7 Å². The molecule has 1 unspecified atom stereocenters. The number of hydrogen-bond acceptors (Lipinski definition) is 9. The van der Waals surface area contributed by atoms with E-state index in [1.54, 1.807) is 27.3 Å². The molecule has 2 aromatic carbocycles. The molecule has 1 saturated heterocycles. The van der Waals surface area contributed by atoms with Crippen molar-refractivity contribution < 1.29 is 23.8 Å². The third kappa shape index (κ3) is 8.69. The number of pyridine rings is 2. The Morgan fingerprint density at radius 3 is 2.43 bits per heavy atom. The number of rotatable bonds is 14. The number of esters is 1. The second-order valence-electron chi connectivity index (χ2n) is 12.1. The van der Waals surface area contributed by atoms with Crippen LogP contribution in [-0.4, -0.2) is 60.8 Å². The number of aromatic nitrogens is 2. The highest BCUT2D eigenvalue weighted by Gasteiger charge is 2.22. The third-order valence-corrected chi connectivity index (χ3v) is 9.03. The zero-order valence-corrected chi connectivity index (χ0v) is 29.7. The van der Waals surface area contributed by atoms with Gasteiger partial charge in [-0.25, -0.2) is 4.98 Å². The van der Waals surface area contributed by atoms with Gasteiger partial charge in [0.25, 0.3) is 0 Å². The monoisotopic (exact) mass is 705 g/mol. The van der Waals surface area contributed by atoms with Gasteiger partial charge in [0.05, 0.1) is 41.8 Å². The minimum absolute atomic E-state index is 0.0933. The summed E-state index contributed by atoms with van der Waals surface area (Å²) < 4.78 is 16.6. The molecule has 1 aliphatic heterocycles. The number of carbonyl (C=O) groups is 2. The summed E-state index contributed by atoms with van der Waals surface area (Å²) in [7, 11) is 3.19. The van der Waals surface area contributed by atoms with E-state index in [0.717, 1.165) is 34.2 Å². The number of benzene rings is 2. The van der Waals surface area contributed by atoms with Gasteiger partial charge < -0.3 is 30.2 Å².